The first-order valence-electron chi connectivity index (χ1n) is 8.64. The van der Waals surface area contributed by atoms with Gasteiger partial charge in [0.1, 0.15) is 6.54 Å². The predicted molar refractivity (Wildman–Crippen MR) is 96.4 cm³/mol. The average molecular weight is 353 g/mol. The molecule has 1 amide bonds. The third-order valence-electron chi connectivity index (χ3n) is 5.06. The van der Waals surface area contributed by atoms with E-state index in [-0.39, 0.29) is 25.5 Å². The standard InChI is InChI=1S/C20H20FN3O2/c21-20(14-25)13-23(11-17(20)15-6-2-1-3-7-15)19(26)12-24-10-16-8-4-5-9-18(16)22-24/h1-10,17,25H,11-14H2. The third-order valence-corrected chi connectivity index (χ3v) is 5.06. The van der Waals surface area contributed by atoms with Gasteiger partial charge in [0.2, 0.25) is 5.91 Å². The lowest BCUT2D eigenvalue weighted by Gasteiger charge is -2.23. The van der Waals surface area contributed by atoms with Crippen LogP contribution in [0.2, 0.25) is 0 Å². The van der Waals surface area contributed by atoms with E-state index in [1.165, 1.54) is 4.90 Å². The Morgan fingerprint density at radius 1 is 1.19 bits per heavy atom. The molecule has 6 heteroatoms. The van der Waals surface area contributed by atoms with E-state index in [1.807, 2.05) is 60.8 Å². The minimum Gasteiger partial charge on any atom is -0.393 e. The lowest BCUT2D eigenvalue weighted by atomic mass is 9.87. The first kappa shape index (κ1) is 16.7. The van der Waals surface area contributed by atoms with Crippen molar-refractivity contribution in [2.45, 2.75) is 18.1 Å². The number of amides is 1. The summed E-state index contributed by atoms with van der Waals surface area (Å²) in [6, 6.07) is 16.8. The normalized spacial score (nSPS) is 22.8. The number of benzene rings is 2. The van der Waals surface area contributed by atoms with Crippen molar-refractivity contribution in [3.63, 3.8) is 0 Å². The van der Waals surface area contributed by atoms with Crippen molar-refractivity contribution >= 4 is 16.8 Å². The minimum absolute atomic E-state index is 0.0533. The predicted octanol–water partition coefficient (Wildman–Crippen LogP) is 2.36. The third kappa shape index (κ3) is 2.97. The summed E-state index contributed by atoms with van der Waals surface area (Å²) in [5.41, 5.74) is -0.213. The van der Waals surface area contributed by atoms with Gasteiger partial charge in [0.25, 0.3) is 0 Å². The van der Waals surface area contributed by atoms with Crippen LogP contribution in [0.15, 0.2) is 60.8 Å². The number of hydrogen-bond donors (Lipinski definition) is 1. The molecule has 2 heterocycles. The average Bonchev–Trinajstić information content (AvgIpc) is 3.23. The molecule has 0 bridgehead atoms. The number of aromatic nitrogens is 2. The number of carbonyl (C=O) groups excluding carboxylic acids is 1. The van der Waals surface area contributed by atoms with Crippen molar-refractivity contribution in [2.75, 3.05) is 19.7 Å². The fourth-order valence-electron chi connectivity index (χ4n) is 3.65. The van der Waals surface area contributed by atoms with Crippen LogP contribution in [0.3, 0.4) is 0 Å². The summed E-state index contributed by atoms with van der Waals surface area (Å²) < 4.78 is 16.8. The molecule has 134 valence electrons. The number of likely N-dealkylation sites (tertiary alicyclic amines) is 1. The summed E-state index contributed by atoms with van der Waals surface area (Å²) in [4.78, 5) is 14.2. The number of fused-ring (bicyclic) bond motifs is 1. The molecule has 1 aromatic heterocycles. The Bertz CT molecular complexity index is 894. The molecule has 0 aliphatic carbocycles. The molecule has 4 rings (SSSR count). The quantitative estimate of drug-likeness (QED) is 0.783. The molecule has 1 aliphatic rings. The SMILES string of the molecule is O=C(Cn1cc2ccccc2n1)N1CC(c2ccccc2)C(F)(CO)C1. The molecule has 5 nitrogen and oxygen atoms in total. The Kier molecular flexibility index (Phi) is 4.20. The highest BCUT2D eigenvalue weighted by molar-refractivity contribution is 5.80. The van der Waals surface area contributed by atoms with Crippen LogP contribution < -0.4 is 0 Å². The van der Waals surface area contributed by atoms with Crippen LogP contribution in [0.25, 0.3) is 10.9 Å². The molecule has 0 radical (unpaired) electrons. The summed E-state index contributed by atoms with van der Waals surface area (Å²) in [7, 11) is 0. The Morgan fingerprint density at radius 2 is 1.92 bits per heavy atom. The van der Waals surface area contributed by atoms with E-state index in [4.69, 9.17) is 0 Å². The Balaban J connectivity index is 1.53. The maximum absolute atomic E-state index is 15.2. The number of halogens is 1. The van der Waals surface area contributed by atoms with E-state index in [0.717, 1.165) is 16.5 Å². The molecular formula is C20H20FN3O2. The lowest BCUT2D eigenvalue weighted by Crippen LogP contribution is -2.38. The molecule has 2 atom stereocenters. The van der Waals surface area contributed by atoms with E-state index < -0.39 is 18.2 Å². The largest absolute Gasteiger partial charge is 0.393 e. The van der Waals surface area contributed by atoms with Crippen molar-refractivity contribution in [1.29, 1.82) is 0 Å². The summed E-state index contributed by atoms with van der Waals surface area (Å²) in [5, 5.41) is 15.0. The van der Waals surface area contributed by atoms with E-state index in [2.05, 4.69) is 5.10 Å². The maximum Gasteiger partial charge on any atom is 0.244 e. The van der Waals surface area contributed by atoms with Gasteiger partial charge in [-0.25, -0.2) is 4.39 Å². The summed E-state index contributed by atoms with van der Waals surface area (Å²) in [5.74, 6) is -0.735. The van der Waals surface area contributed by atoms with Gasteiger partial charge in [-0.2, -0.15) is 5.10 Å². The van der Waals surface area contributed by atoms with Gasteiger partial charge in [0.05, 0.1) is 18.7 Å². The zero-order valence-corrected chi connectivity index (χ0v) is 14.3. The van der Waals surface area contributed by atoms with Crippen molar-refractivity contribution in [3.05, 3.63) is 66.4 Å². The zero-order chi connectivity index (χ0) is 18.1. The Labute approximate surface area is 150 Å². The first-order chi connectivity index (χ1) is 12.6. The second kappa shape index (κ2) is 6.53. The Hall–Kier alpha value is -2.73. The molecule has 1 aliphatic heterocycles. The Morgan fingerprint density at radius 3 is 2.65 bits per heavy atom. The van der Waals surface area contributed by atoms with Crippen LogP contribution in [-0.2, 0) is 11.3 Å². The van der Waals surface area contributed by atoms with Gasteiger partial charge in [0.15, 0.2) is 5.67 Å². The number of aliphatic hydroxyl groups is 1. The zero-order valence-electron chi connectivity index (χ0n) is 14.3. The summed E-state index contributed by atoms with van der Waals surface area (Å²) >= 11 is 0. The first-order valence-corrected chi connectivity index (χ1v) is 8.64. The van der Waals surface area contributed by atoms with E-state index in [0.29, 0.717) is 0 Å². The van der Waals surface area contributed by atoms with Gasteiger partial charge in [-0.05, 0) is 11.6 Å². The van der Waals surface area contributed by atoms with Crippen LogP contribution >= 0.6 is 0 Å². The summed E-state index contributed by atoms with van der Waals surface area (Å²) in [6.45, 7) is -0.414. The number of hydrogen-bond acceptors (Lipinski definition) is 3. The molecule has 1 saturated heterocycles. The van der Waals surface area contributed by atoms with Crippen LogP contribution in [0.4, 0.5) is 4.39 Å². The lowest BCUT2D eigenvalue weighted by molar-refractivity contribution is -0.131. The molecule has 0 spiro atoms. The van der Waals surface area contributed by atoms with E-state index in [9.17, 15) is 9.90 Å². The second-order valence-electron chi connectivity index (χ2n) is 6.82. The maximum atomic E-state index is 15.2. The van der Waals surface area contributed by atoms with E-state index >= 15 is 4.39 Å². The van der Waals surface area contributed by atoms with Crippen molar-refractivity contribution in [1.82, 2.24) is 14.7 Å². The molecule has 0 saturated carbocycles. The molecule has 1 N–H and O–H groups in total. The fourth-order valence-corrected chi connectivity index (χ4v) is 3.65. The van der Waals surface area contributed by atoms with Gasteiger partial charge in [-0.15, -0.1) is 0 Å². The van der Waals surface area contributed by atoms with Crippen LogP contribution in [0.1, 0.15) is 11.5 Å². The minimum atomic E-state index is -1.83. The smallest absolute Gasteiger partial charge is 0.244 e. The van der Waals surface area contributed by atoms with Gasteiger partial charge in [-0.1, -0.05) is 48.5 Å². The second-order valence-corrected chi connectivity index (χ2v) is 6.82. The monoisotopic (exact) mass is 353 g/mol. The number of carbonyl (C=O) groups is 1. The number of alkyl halides is 1. The van der Waals surface area contributed by atoms with Gasteiger partial charge < -0.3 is 10.0 Å². The van der Waals surface area contributed by atoms with Crippen molar-refractivity contribution in [2.24, 2.45) is 0 Å². The summed E-state index contributed by atoms with van der Waals surface area (Å²) in [6.07, 6.45) is 1.81. The highest BCUT2D eigenvalue weighted by Crippen LogP contribution is 2.38. The molecular weight excluding hydrogens is 333 g/mol. The van der Waals surface area contributed by atoms with E-state index in [1.54, 1.807) is 4.68 Å². The number of nitrogens with zero attached hydrogens (tertiary/aromatic N) is 3. The van der Waals surface area contributed by atoms with Crippen molar-refractivity contribution in [3.8, 4) is 0 Å². The molecule has 2 aromatic carbocycles. The van der Waals surface area contributed by atoms with Crippen LogP contribution in [0.5, 0.6) is 0 Å². The van der Waals surface area contributed by atoms with Gasteiger partial charge in [0, 0.05) is 24.0 Å². The van der Waals surface area contributed by atoms with Crippen LogP contribution in [0, 0.1) is 0 Å². The van der Waals surface area contributed by atoms with Gasteiger partial charge in [-0.3, -0.25) is 9.48 Å². The molecule has 2 unspecified atom stereocenters. The topological polar surface area (TPSA) is 58.4 Å². The number of aliphatic hydroxyl groups excluding tert-OH is 1. The van der Waals surface area contributed by atoms with Crippen molar-refractivity contribution < 1.29 is 14.3 Å². The molecule has 26 heavy (non-hydrogen) atoms. The highest BCUT2D eigenvalue weighted by Gasteiger charge is 2.49. The van der Waals surface area contributed by atoms with Gasteiger partial charge >= 0.3 is 0 Å². The fraction of sp³-hybridized carbons (Fsp3) is 0.300. The molecule has 1 fully saturated rings. The highest BCUT2D eigenvalue weighted by atomic mass is 19.1. The van der Waals surface area contributed by atoms with Crippen LogP contribution in [-0.4, -0.2) is 51.1 Å². The number of rotatable bonds is 4. The molecule has 3 aromatic rings.